The van der Waals surface area contributed by atoms with Gasteiger partial charge in [0.1, 0.15) is 11.9 Å². The van der Waals surface area contributed by atoms with E-state index in [-0.39, 0.29) is 11.0 Å². The first-order valence-electron chi connectivity index (χ1n) is 7.08. The molecule has 2 rings (SSSR count). The molecule has 3 heteroatoms. The van der Waals surface area contributed by atoms with E-state index < -0.39 is 11.9 Å². The first-order chi connectivity index (χ1) is 9.85. The summed E-state index contributed by atoms with van der Waals surface area (Å²) in [5.74, 6) is -0.399. The third-order valence-corrected chi connectivity index (χ3v) is 4.64. The second-order valence-corrected chi connectivity index (χ2v) is 6.84. The lowest BCUT2D eigenvalue weighted by Crippen LogP contribution is -2.15. The first-order valence-corrected chi connectivity index (χ1v) is 7.88. The van der Waals surface area contributed by atoms with Gasteiger partial charge in [0.25, 0.3) is 0 Å². The Morgan fingerprint density at radius 1 is 1.14 bits per heavy atom. The van der Waals surface area contributed by atoms with Gasteiger partial charge in [0.15, 0.2) is 0 Å². The predicted octanol–water partition coefficient (Wildman–Crippen LogP) is 5.36. The van der Waals surface area contributed by atoms with E-state index in [1.165, 1.54) is 11.6 Å². The lowest BCUT2D eigenvalue weighted by molar-refractivity contribution is 0.215. The molecule has 21 heavy (non-hydrogen) atoms. The Balaban J connectivity index is 2.32. The van der Waals surface area contributed by atoms with Gasteiger partial charge in [-0.15, -0.1) is 0 Å². The molecule has 0 saturated heterocycles. The van der Waals surface area contributed by atoms with Gasteiger partial charge >= 0.3 is 0 Å². The van der Waals surface area contributed by atoms with E-state index in [1.54, 1.807) is 12.1 Å². The maximum Gasteiger partial charge on any atom is 0.129 e. The van der Waals surface area contributed by atoms with Crippen LogP contribution in [-0.4, -0.2) is 5.11 Å². The maximum atomic E-state index is 13.8. The summed E-state index contributed by atoms with van der Waals surface area (Å²) in [5.41, 5.74) is 2.30. The van der Waals surface area contributed by atoms with Crippen LogP contribution in [0.3, 0.4) is 0 Å². The van der Waals surface area contributed by atoms with Crippen LogP contribution in [0.25, 0.3) is 0 Å². The number of benzene rings is 2. The first kappa shape index (κ1) is 16.2. The summed E-state index contributed by atoms with van der Waals surface area (Å²) < 4.78 is 14.6. The maximum absolute atomic E-state index is 13.8. The minimum Gasteiger partial charge on any atom is -0.384 e. The lowest BCUT2D eigenvalue weighted by atomic mass is 9.81. The zero-order valence-electron chi connectivity index (χ0n) is 12.5. The minimum absolute atomic E-state index is 0.102. The van der Waals surface area contributed by atoms with Crippen molar-refractivity contribution >= 4 is 15.9 Å². The minimum atomic E-state index is -0.957. The number of aliphatic hydroxyl groups excluding tert-OH is 1. The zero-order valence-corrected chi connectivity index (χ0v) is 14.1. The zero-order chi connectivity index (χ0) is 15.6. The van der Waals surface area contributed by atoms with Gasteiger partial charge in [0.05, 0.1) is 0 Å². The third-order valence-electron chi connectivity index (χ3n) is 4.14. The molecular weight excluding hydrogens is 331 g/mol. The van der Waals surface area contributed by atoms with Crippen LogP contribution in [0.4, 0.5) is 4.39 Å². The molecule has 1 nitrogen and oxygen atoms in total. The summed E-state index contributed by atoms with van der Waals surface area (Å²) in [7, 11) is 0. The van der Waals surface area contributed by atoms with Gasteiger partial charge in [-0.05, 0) is 41.2 Å². The van der Waals surface area contributed by atoms with Crippen LogP contribution in [-0.2, 0) is 5.41 Å². The van der Waals surface area contributed by atoms with Crippen molar-refractivity contribution in [3.05, 3.63) is 69.4 Å². The van der Waals surface area contributed by atoms with E-state index in [0.29, 0.717) is 5.56 Å². The molecule has 1 unspecified atom stereocenters. The second kappa shape index (κ2) is 6.29. The highest BCUT2D eigenvalue weighted by molar-refractivity contribution is 9.10. The normalized spacial score (nSPS) is 13.2. The largest absolute Gasteiger partial charge is 0.384 e. The molecule has 0 spiro atoms. The van der Waals surface area contributed by atoms with Crippen LogP contribution in [0.2, 0.25) is 0 Å². The lowest BCUT2D eigenvalue weighted by Gasteiger charge is -2.24. The Labute approximate surface area is 134 Å². The Hall–Kier alpha value is -1.19. The van der Waals surface area contributed by atoms with Crippen LogP contribution in [0.1, 0.15) is 50.0 Å². The van der Waals surface area contributed by atoms with E-state index in [0.717, 1.165) is 10.9 Å². The molecular formula is C18H20BrFO. The fraction of sp³-hybridized carbons (Fsp3) is 0.333. The van der Waals surface area contributed by atoms with Gasteiger partial charge in [-0.2, -0.15) is 0 Å². The number of hydrogen-bond acceptors (Lipinski definition) is 1. The summed E-state index contributed by atoms with van der Waals surface area (Å²) in [6, 6.07) is 12.4. The SMILES string of the molecule is CCC(C)(C)c1ccc(C(O)c2cc(Br)ccc2F)cc1. The van der Waals surface area contributed by atoms with Crippen LogP contribution in [0.15, 0.2) is 46.9 Å². The molecule has 1 atom stereocenters. The molecule has 0 aliphatic rings. The number of hydrogen-bond donors (Lipinski definition) is 1. The van der Waals surface area contributed by atoms with Crippen LogP contribution < -0.4 is 0 Å². The van der Waals surface area contributed by atoms with Crippen LogP contribution in [0, 0.1) is 5.82 Å². The predicted molar refractivity (Wildman–Crippen MR) is 87.9 cm³/mol. The van der Waals surface area contributed by atoms with Crippen molar-refractivity contribution in [3.8, 4) is 0 Å². The van der Waals surface area contributed by atoms with Crippen molar-refractivity contribution in [3.63, 3.8) is 0 Å². The Morgan fingerprint density at radius 3 is 2.33 bits per heavy atom. The van der Waals surface area contributed by atoms with Gasteiger partial charge in [-0.3, -0.25) is 0 Å². The molecule has 2 aromatic rings. The van der Waals surface area contributed by atoms with Crippen LogP contribution >= 0.6 is 15.9 Å². The number of halogens is 2. The number of rotatable bonds is 4. The molecule has 0 radical (unpaired) electrons. The number of aliphatic hydroxyl groups is 1. The molecule has 0 amide bonds. The van der Waals surface area contributed by atoms with Crippen molar-refractivity contribution in [1.82, 2.24) is 0 Å². The molecule has 0 aromatic heterocycles. The van der Waals surface area contributed by atoms with Crippen molar-refractivity contribution in [2.24, 2.45) is 0 Å². The quantitative estimate of drug-likeness (QED) is 0.786. The van der Waals surface area contributed by atoms with Crippen molar-refractivity contribution in [2.75, 3.05) is 0 Å². The topological polar surface area (TPSA) is 20.2 Å². The van der Waals surface area contributed by atoms with Gasteiger partial charge in [0.2, 0.25) is 0 Å². The van der Waals surface area contributed by atoms with Crippen LogP contribution in [0.5, 0.6) is 0 Å². The van der Waals surface area contributed by atoms with E-state index in [9.17, 15) is 9.50 Å². The van der Waals surface area contributed by atoms with E-state index in [2.05, 4.69) is 36.7 Å². The molecule has 0 aliphatic heterocycles. The summed E-state index contributed by atoms with van der Waals surface area (Å²) in [5, 5.41) is 10.4. The highest BCUT2D eigenvalue weighted by atomic mass is 79.9. The van der Waals surface area contributed by atoms with E-state index in [1.807, 2.05) is 24.3 Å². The van der Waals surface area contributed by atoms with E-state index in [4.69, 9.17) is 0 Å². The van der Waals surface area contributed by atoms with Gasteiger partial charge in [-0.25, -0.2) is 4.39 Å². The summed E-state index contributed by atoms with van der Waals surface area (Å²) >= 11 is 3.31. The Kier molecular flexibility index (Phi) is 4.84. The van der Waals surface area contributed by atoms with E-state index >= 15 is 0 Å². The molecule has 0 bridgehead atoms. The molecule has 0 aliphatic carbocycles. The summed E-state index contributed by atoms with van der Waals surface area (Å²) in [4.78, 5) is 0. The highest BCUT2D eigenvalue weighted by Crippen LogP contribution is 2.30. The highest BCUT2D eigenvalue weighted by Gasteiger charge is 2.20. The smallest absolute Gasteiger partial charge is 0.129 e. The van der Waals surface area contributed by atoms with Gasteiger partial charge in [-0.1, -0.05) is 61.0 Å². The standard InChI is InChI=1S/C18H20BrFO/c1-4-18(2,3)13-7-5-12(6-8-13)17(21)15-11-14(19)9-10-16(15)20/h5-11,17,21H,4H2,1-3H3. The van der Waals surface area contributed by atoms with Crippen molar-refractivity contribution in [2.45, 2.75) is 38.7 Å². The molecule has 0 saturated carbocycles. The van der Waals surface area contributed by atoms with Crippen molar-refractivity contribution in [1.29, 1.82) is 0 Å². The average Bonchev–Trinajstić information content (AvgIpc) is 2.49. The molecule has 0 heterocycles. The average molecular weight is 351 g/mol. The second-order valence-electron chi connectivity index (χ2n) is 5.93. The summed E-state index contributed by atoms with van der Waals surface area (Å²) in [6.07, 6.45) is 0.0797. The Bertz CT molecular complexity index is 620. The molecule has 1 N–H and O–H groups in total. The fourth-order valence-corrected chi connectivity index (χ4v) is 2.60. The monoisotopic (exact) mass is 350 g/mol. The van der Waals surface area contributed by atoms with Gasteiger partial charge < -0.3 is 5.11 Å². The van der Waals surface area contributed by atoms with Crippen molar-refractivity contribution < 1.29 is 9.50 Å². The van der Waals surface area contributed by atoms with Gasteiger partial charge in [0, 0.05) is 10.0 Å². The molecule has 112 valence electrons. The molecule has 0 fully saturated rings. The Morgan fingerprint density at radius 2 is 1.76 bits per heavy atom. The third kappa shape index (κ3) is 3.53. The molecule has 2 aromatic carbocycles. The summed E-state index contributed by atoms with van der Waals surface area (Å²) in [6.45, 7) is 6.53. The fourth-order valence-electron chi connectivity index (χ4n) is 2.22.